The second kappa shape index (κ2) is 9.76. The molecule has 0 saturated heterocycles. The molecule has 1 atom stereocenters. The van der Waals surface area contributed by atoms with Gasteiger partial charge < -0.3 is 13.6 Å². The van der Waals surface area contributed by atoms with Crippen LogP contribution in [-0.2, 0) is 10.5 Å². The molecule has 0 aliphatic rings. The SMILES string of the molecule is COc1ccc(CCC[Si](C)(C)O[Si](C)(C)C(C)c2ccc(OC)cc2)cc1. The molecule has 0 aliphatic heterocycles. The van der Waals surface area contributed by atoms with Gasteiger partial charge in [0.2, 0.25) is 0 Å². The third kappa shape index (κ3) is 6.50. The van der Waals surface area contributed by atoms with Crippen LogP contribution in [0.15, 0.2) is 48.5 Å². The Morgan fingerprint density at radius 1 is 0.786 bits per heavy atom. The van der Waals surface area contributed by atoms with Crippen LogP contribution in [0, 0.1) is 0 Å². The van der Waals surface area contributed by atoms with Gasteiger partial charge in [0.1, 0.15) is 11.5 Å². The summed E-state index contributed by atoms with van der Waals surface area (Å²) in [4.78, 5) is 0. The van der Waals surface area contributed by atoms with Gasteiger partial charge in [-0.3, -0.25) is 0 Å². The first-order chi connectivity index (χ1) is 13.2. The van der Waals surface area contributed by atoms with Crippen molar-refractivity contribution in [2.75, 3.05) is 14.2 Å². The van der Waals surface area contributed by atoms with E-state index >= 15 is 0 Å². The highest BCUT2D eigenvalue weighted by atomic mass is 28.4. The average Bonchev–Trinajstić information content (AvgIpc) is 2.67. The van der Waals surface area contributed by atoms with Crippen molar-refractivity contribution in [3.63, 3.8) is 0 Å². The van der Waals surface area contributed by atoms with Crippen LogP contribution in [0.2, 0.25) is 32.2 Å². The van der Waals surface area contributed by atoms with Gasteiger partial charge in [0, 0.05) is 0 Å². The fourth-order valence-corrected chi connectivity index (χ4v) is 12.5. The summed E-state index contributed by atoms with van der Waals surface area (Å²) in [7, 11) is -0.143. The summed E-state index contributed by atoms with van der Waals surface area (Å²) in [6, 6.07) is 18.1. The van der Waals surface area contributed by atoms with Gasteiger partial charge in [-0.15, -0.1) is 0 Å². The second-order valence-electron chi connectivity index (χ2n) is 8.66. The maximum absolute atomic E-state index is 6.90. The number of hydrogen-bond acceptors (Lipinski definition) is 3. The zero-order chi connectivity index (χ0) is 20.8. The van der Waals surface area contributed by atoms with Crippen molar-refractivity contribution < 1.29 is 13.6 Å². The van der Waals surface area contributed by atoms with Crippen LogP contribution in [0.1, 0.15) is 30.0 Å². The Morgan fingerprint density at radius 3 is 1.79 bits per heavy atom. The summed E-state index contributed by atoms with van der Waals surface area (Å²) in [6.45, 7) is 11.8. The van der Waals surface area contributed by atoms with E-state index in [-0.39, 0.29) is 0 Å². The Hall–Kier alpha value is -1.57. The van der Waals surface area contributed by atoms with Crippen LogP contribution in [-0.4, -0.2) is 30.9 Å². The zero-order valence-electron chi connectivity index (χ0n) is 18.5. The van der Waals surface area contributed by atoms with Gasteiger partial charge in [-0.1, -0.05) is 31.2 Å². The van der Waals surface area contributed by atoms with Gasteiger partial charge in [-0.2, -0.15) is 0 Å². The number of aryl methyl sites for hydroxylation is 1. The predicted octanol–water partition coefficient (Wildman–Crippen LogP) is 6.41. The van der Waals surface area contributed by atoms with Gasteiger partial charge in [-0.05, 0) is 86.0 Å². The van der Waals surface area contributed by atoms with Gasteiger partial charge in [-0.25, -0.2) is 0 Å². The predicted molar refractivity (Wildman–Crippen MR) is 124 cm³/mol. The molecule has 2 aromatic rings. The van der Waals surface area contributed by atoms with E-state index in [0.29, 0.717) is 5.54 Å². The van der Waals surface area contributed by atoms with Gasteiger partial charge in [0.15, 0.2) is 16.6 Å². The lowest BCUT2D eigenvalue weighted by Gasteiger charge is -2.38. The first kappa shape index (κ1) is 22.7. The molecule has 2 aromatic carbocycles. The zero-order valence-corrected chi connectivity index (χ0v) is 20.5. The number of hydrogen-bond donors (Lipinski definition) is 0. The summed E-state index contributed by atoms with van der Waals surface area (Å²) >= 11 is 0. The third-order valence-electron chi connectivity index (χ3n) is 5.60. The molecule has 0 bridgehead atoms. The molecule has 0 amide bonds. The first-order valence-corrected chi connectivity index (χ1v) is 16.2. The van der Waals surface area contributed by atoms with Crippen molar-refractivity contribution in [2.45, 2.75) is 57.5 Å². The molecular weight excluding hydrogens is 380 g/mol. The third-order valence-corrected chi connectivity index (χ3v) is 13.9. The maximum atomic E-state index is 6.90. The lowest BCUT2D eigenvalue weighted by Crippen LogP contribution is -2.47. The van der Waals surface area contributed by atoms with Crippen LogP contribution in [0.5, 0.6) is 11.5 Å². The number of benzene rings is 2. The van der Waals surface area contributed by atoms with Gasteiger partial charge in [0.25, 0.3) is 0 Å². The number of methoxy groups -OCH3 is 2. The van der Waals surface area contributed by atoms with Crippen LogP contribution in [0.4, 0.5) is 0 Å². The standard InChI is InChI=1S/C23H36O3Si2/c1-19(21-12-16-23(25-3)17-13-21)28(6,7)26-27(4,5)18-8-9-20-10-14-22(24-2)15-11-20/h10-17,19H,8-9,18H2,1-7H3. The highest BCUT2D eigenvalue weighted by Gasteiger charge is 2.37. The molecule has 28 heavy (non-hydrogen) atoms. The molecule has 0 fully saturated rings. The van der Waals surface area contributed by atoms with Crippen LogP contribution in [0.25, 0.3) is 0 Å². The topological polar surface area (TPSA) is 27.7 Å². The highest BCUT2D eigenvalue weighted by molar-refractivity contribution is 6.85. The second-order valence-corrected chi connectivity index (χ2v) is 17.6. The van der Waals surface area contributed by atoms with E-state index in [2.05, 4.69) is 57.4 Å². The van der Waals surface area contributed by atoms with E-state index in [0.717, 1.165) is 17.9 Å². The molecule has 0 N–H and O–H groups in total. The lowest BCUT2D eigenvalue weighted by molar-refractivity contribution is 0.414. The Labute approximate surface area is 173 Å². The summed E-state index contributed by atoms with van der Waals surface area (Å²) in [5, 5.41) is 0. The molecule has 0 radical (unpaired) electrons. The maximum Gasteiger partial charge on any atom is 0.180 e. The molecule has 1 unspecified atom stereocenters. The van der Waals surface area contributed by atoms with Gasteiger partial charge >= 0.3 is 0 Å². The molecule has 0 spiro atoms. The van der Waals surface area contributed by atoms with E-state index in [1.807, 2.05) is 24.3 Å². The molecule has 5 heteroatoms. The van der Waals surface area contributed by atoms with Crippen molar-refractivity contribution in [1.82, 2.24) is 0 Å². The number of rotatable bonds is 10. The molecule has 0 aliphatic carbocycles. The van der Waals surface area contributed by atoms with Crippen LogP contribution < -0.4 is 9.47 Å². The normalized spacial score (nSPS) is 13.2. The minimum atomic E-state index is -1.85. The Kier molecular flexibility index (Phi) is 7.92. The summed E-state index contributed by atoms with van der Waals surface area (Å²) in [5.74, 6) is 1.83. The summed E-state index contributed by atoms with van der Waals surface area (Å²) in [6.07, 6.45) is 2.27. The summed E-state index contributed by atoms with van der Waals surface area (Å²) < 4.78 is 17.4. The fraction of sp³-hybridized carbons (Fsp3) is 0.478. The van der Waals surface area contributed by atoms with Gasteiger partial charge in [0.05, 0.1) is 14.2 Å². The lowest BCUT2D eigenvalue weighted by atomic mass is 10.1. The van der Waals surface area contributed by atoms with Crippen molar-refractivity contribution in [1.29, 1.82) is 0 Å². The van der Waals surface area contributed by atoms with E-state index in [1.165, 1.54) is 23.6 Å². The minimum Gasteiger partial charge on any atom is -0.497 e. The van der Waals surface area contributed by atoms with Crippen molar-refractivity contribution in [3.05, 3.63) is 59.7 Å². The molecule has 0 aromatic heterocycles. The number of ether oxygens (including phenoxy) is 2. The monoisotopic (exact) mass is 416 g/mol. The van der Waals surface area contributed by atoms with Crippen molar-refractivity contribution >= 4 is 16.6 Å². The highest BCUT2D eigenvalue weighted by Crippen LogP contribution is 2.32. The molecule has 0 saturated carbocycles. The van der Waals surface area contributed by atoms with E-state index < -0.39 is 16.6 Å². The molecule has 0 heterocycles. The Morgan fingerprint density at radius 2 is 1.29 bits per heavy atom. The van der Waals surface area contributed by atoms with Crippen molar-refractivity contribution in [3.8, 4) is 11.5 Å². The largest absolute Gasteiger partial charge is 0.497 e. The summed E-state index contributed by atoms with van der Waals surface area (Å²) in [5.41, 5.74) is 3.17. The van der Waals surface area contributed by atoms with Crippen molar-refractivity contribution in [2.24, 2.45) is 0 Å². The van der Waals surface area contributed by atoms with E-state index in [1.54, 1.807) is 14.2 Å². The Balaban J connectivity index is 1.92. The molecule has 3 nitrogen and oxygen atoms in total. The van der Waals surface area contributed by atoms with Crippen LogP contribution in [0.3, 0.4) is 0 Å². The minimum absolute atomic E-state index is 0.451. The molecule has 154 valence electrons. The molecular formula is C23H36O3Si2. The first-order valence-electron chi connectivity index (χ1n) is 10.1. The Bertz CT molecular complexity index is 725. The average molecular weight is 417 g/mol. The quantitative estimate of drug-likeness (QED) is 0.419. The molecule has 2 rings (SSSR count). The van der Waals surface area contributed by atoms with E-state index in [4.69, 9.17) is 13.6 Å². The van der Waals surface area contributed by atoms with E-state index in [9.17, 15) is 0 Å². The smallest absolute Gasteiger partial charge is 0.180 e. The van der Waals surface area contributed by atoms with Crippen LogP contribution >= 0.6 is 0 Å². The fourth-order valence-electron chi connectivity index (χ4n) is 3.66.